The van der Waals surface area contributed by atoms with E-state index in [2.05, 4.69) is 10.2 Å². The standard InChI is InChI=1S/C6H9N3O2S/c1-3(5(7)10)12-6-9-8-4(2)11-6/h3H,1-2H3,(H2,7,10). The van der Waals surface area contributed by atoms with Gasteiger partial charge in [0, 0.05) is 6.92 Å². The lowest BCUT2D eigenvalue weighted by atomic mass is 10.5. The molecule has 66 valence electrons. The molecule has 6 heteroatoms. The second kappa shape index (κ2) is 3.57. The summed E-state index contributed by atoms with van der Waals surface area (Å²) in [6.45, 7) is 3.37. The van der Waals surface area contributed by atoms with Gasteiger partial charge in [0.1, 0.15) is 0 Å². The highest BCUT2D eigenvalue weighted by Crippen LogP contribution is 2.20. The molecule has 1 rings (SSSR count). The van der Waals surface area contributed by atoms with E-state index in [0.29, 0.717) is 11.1 Å². The Bertz CT molecular complexity index is 286. The van der Waals surface area contributed by atoms with Gasteiger partial charge in [-0.3, -0.25) is 4.79 Å². The maximum atomic E-state index is 10.6. The molecule has 0 aliphatic heterocycles. The molecule has 1 unspecified atom stereocenters. The number of aryl methyl sites for hydroxylation is 1. The second-order valence-corrected chi connectivity index (χ2v) is 3.54. The van der Waals surface area contributed by atoms with Crippen LogP contribution in [0.25, 0.3) is 0 Å². The van der Waals surface area contributed by atoms with Crippen molar-refractivity contribution in [2.24, 2.45) is 5.73 Å². The highest BCUT2D eigenvalue weighted by Gasteiger charge is 2.14. The second-order valence-electron chi connectivity index (χ2n) is 2.25. The van der Waals surface area contributed by atoms with Gasteiger partial charge >= 0.3 is 0 Å². The molecule has 0 aliphatic rings. The lowest BCUT2D eigenvalue weighted by molar-refractivity contribution is -0.117. The van der Waals surface area contributed by atoms with Crippen molar-refractivity contribution >= 4 is 17.7 Å². The maximum Gasteiger partial charge on any atom is 0.277 e. The van der Waals surface area contributed by atoms with Crippen LogP contribution < -0.4 is 5.73 Å². The van der Waals surface area contributed by atoms with Gasteiger partial charge in [0.15, 0.2) is 0 Å². The molecule has 2 N–H and O–H groups in total. The van der Waals surface area contributed by atoms with Crippen LogP contribution in [0.3, 0.4) is 0 Å². The van der Waals surface area contributed by atoms with E-state index in [9.17, 15) is 4.79 Å². The molecule has 12 heavy (non-hydrogen) atoms. The summed E-state index contributed by atoms with van der Waals surface area (Å²) in [5.41, 5.74) is 5.04. The molecule has 1 heterocycles. The molecular weight excluding hydrogens is 178 g/mol. The molecular formula is C6H9N3O2S. The third-order valence-corrected chi connectivity index (χ3v) is 2.14. The zero-order valence-corrected chi connectivity index (χ0v) is 7.59. The number of nitrogens with zero attached hydrogens (tertiary/aromatic N) is 2. The SMILES string of the molecule is Cc1nnc(SC(C)C(N)=O)o1. The normalized spacial score (nSPS) is 12.8. The Kier molecular flexibility index (Phi) is 2.69. The summed E-state index contributed by atoms with van der Waals surface area (Å²) in [6, 6.07) is 0. The number of rotatable bonds is 3. The smallest absolute Gasteiger partial charge is 0.277 e. The molecule has 1 aromatic rings. The van der Waals surface area contributed by atoms with Gasteiger partial charge in [0.25, 0.3) is 5.22 Å². The highest BCUT2D eigenvalue weighted by atomic mass is 32.2. The predicted octanol–water partition coefficient (Wildman–Crippen LogP) is 0.344. The number of hydrogen-bond donors (Lipinski definition) is 1. The number of hydrogen-bond acceptors (Lipinski definition) is 5. The van der Waals surface area contributed by atoms with E-state index in [-0.39, 0.29) is 5.25 Å². The Morgan fingerprint density at radius 1 is 1.67 bits per heavy atom. The first-order valence-electron chi connectivity index (χ1n) is 3.35. The summed E-state index contributed by atoms with van der Waals surface area (Å²) >= 11 is 1.16. The average molecular weight is 187 g/mol. The van der Waals surface area contributed by atoms with Crippen LogP contribution in [-0.4, -0.2) is 21.4 Å². The minimum absolute atomic E-state index is 0.343. The van der Waals surface area contributed by atoms with Crippen LogP contribution in [0.5, 0.6) is 0 Å². The lowest BCUT2D eigenvalue weighted by Gasteiger charge is -2.00. The van der Waals surface area contributed by atoms with Crippen LogP contribution in [0.4, 0.5) is 0 Å². The third-order valence-electron chi connectivity index (χ3n) is 1.19. The molecule has 0 fully saturated rings. The van der Waals surface area contributed by atoms with Crippen molar-refractivity contribution in [2.75, 3.05) is 0 Å². The molecule has 1 amide bonds. The van der Waals surface area contributed by atoms with E-state index in [1.165, 1.54) is 0 Å². The largest absolute Gasteiger partial charge is 0.416 e. The van der Waals surface area contributed by atoms with Crippen LogP contribution in [0.15, 0.2) is 9.64 Å². The molecule has 5 nitrogen and oxygen atoms in total. The first kappa shape index (κ1) is 9.05. The van der Waals surface area contributed by atoms with E-state index in [1.54, 1.807) is 13.8 Å². The summed E-state index contributed by atoms with van der Waals surface area (Å²) in [5.74, 6) is 0.0880. The fraction of sp³-hybridized carbons (Fsp3) is 0.500. The quantitative estimate of drug-likeness (QED) is 0.690. The molecule has 0 saturated carbocycles. The fourth-order valence-electron chi connectivity index (χ4n) is 0.535. The molecule has 1 aromatic heterocycles. The van der Waals surface area contributed by atoms with Gasteiger partial charge in [-0.15, -0.1) is 10.2 Å². The predicted molar refractivity (Wildman–Crippen MR) is 43.5 cm³/mol. The highest BCUT2D eigenvalue weighted by molar-refractivity contribution is 8.00. The van der Waals surface area contributed by atoms with Crippen LogP contribution in [0.2, 0.25) is 0 Å². The monoisotopic (exact) mass is 187 g/mol. The Morgan fingerprint density at radius 2 is 2.33 bits per heavy atom. The summed E-state index contributed by atoms with van der Waals surface area (Å²) in [4.78, 5) is 10.6. The van der Waals surface area contributed by atoms with Crippen LogP contribution in [0.1, 0.15) is 12.8 Å². The van der Waals surface area contributed by atoms with Gasteiger partial charge in [-0.05, 0) is 6.92 Å². The number of aromatic nitrogens is 2. The van der Waals surface area contributed by atoms with Crippen molar-refractivity contribution < 1.29 is 9.21 Å². The van der Waals surface area contributed by atoms with E-state index in [4.69, 9.17) is 10.2 Å². The number of primary amides is 1. The fourth-order valence-corrected chi connectivity index (χ4v) is 1.21. The number of carbonyl (C=O) groups is 1. The van der Waals surface area contributed by atoms with Crippen molar-refractivity contribution in [1.29, 1.82) is 0 Å². The van der Waals surface area contributed by atoms with Gasteiger partial charge in [-0.2, -0.15) is 0 Å². The zero-order chi connectivity index (χ0) is 9.14. The average Bonchev–Trinajstić information content (AvgIpc) is 2.35. The Hall–Kier alpha value is -1.04. The summed E-state index contributed by atoms with van der Waals surface area (Å²) in [6.07, 6.45) is 0. The van der Waals surface area contributed by atoms with Gasteiger partial charge in [0.2, 0.25) is 11.8 Å². The van der Waals surface area contributed by atoms with Crippen molar-refractivity contribution in [1.82, 2.24) is 10.2 Å². The first-order valence-corrected chi connectivity index (χ1v) is 4.23. The molecule has 0 saturated heterocycles. The third kappa shape index (κ3) is 2.23. The van der Waals surface area contributed by atoms with Crippen LogP contribution >= 0.6 is 11.8 Å². The van der Waals surface area contributed by atoms with Crippen molar-refractivity contribution in [3.05, 3.63) is 5.89 Å². The molecule has 0 spiro atoms. The van der Waals surface area contributed by atoms with Crippen LogP contribution in [0, 0.1) is 6.92 Å². The minimum atomic E-state index is -0.393. The number of amides is 1. The molecule has 0 aromatic carbocycles. The van der Waals surface area contributed by atoms with Crippen LogP contribution in [-0.2, 0) is 4.79 Å². The number of thioether (sulfide) groups is 1. The summed E-state index contributed by atoms with van der Waals surface area (Å²) in [7, 11) is 0. The Balaban J connectivity index is 2.58. The molecule has 0 aliphatic carbocycles. The van der Waals surface area contributed by atoms with Gasteiger partial charge in [-0.1, -0.05) is 11.8 Å². The maximum absolute atomic E-state index is 10.6. The van der Waals surface area contributed by atoms with E-state index >= 15 is 0 Å². The Morgan fingerprint density at radius 3 is 2.75 bits per heavy atom. The summed E-state index contributed by atoms with van der Waals surface area (Å²) < 4.78 is 5.04. The van der Waals surface area contributed by atoms with Gasteiger partial charge in [0.05, 0.1) is 5.25 Å². The van der Waals surface area contributed by atoms with Crippen molar-refractivity contribution in [3.63, 3.8) is 0 Å². The Labute approximate surface area is 73.7 Å². The van der Waals surface area contributed by atoms with E-state index < -0.39 is 5.91 Å². The minimum Gasteiger partial charge on any atom is -0.416 e. The van der Waals surface area contributed by atoms with Gasteiger partial charge in [-0.25, -0.2) is 0 Å². The molecule has 0 radical (unpaired) electrons. The summed E-state index contributed by atoms with van der Waals surface area (Å²) in [5, 5.41) is 7.35. The van der Waals surface area contributed by atoms with Crippen molar-refractivity contribution in [2.45, 2.75) is 24.3 Å². The number of nitrogens with two attached hydrogens (primary N) is 1. The van der Waals surface area contributed by atoms with Crippen molar-refractivity contribution in [3.8, 4) is 0 Å². The van der Waals surface area contributed by atoms with E-state index in [1.807, 2.05) is 0 Å². The lowest BCUT2D eigenvalue weighted by Crippen LogP contribution is -2.22. The number of carbonyl (C=O) groups excluding carboxylic acids is 1. The van der Waals surface area contributed by atoms with E-state index in [0.717, 1.165) is 11.8 Å². The molecule has 1 atom stereocenters. The van der Waals surface area contributed by atoms with Gasteiger partial charge < -0.3 is 10.2 Å². The molecule has 0 bridgehead atoms. The topological polar surface area (TPSA) is 82.0 Å². The zero-order valence-electron chi connectivity index (χ0n) is 6.77. The first-order chi connectivity index (χ1) is 5.59.